The minimum atomic E-state index is -0.346. The third kappa shape index (κ3) is 3.15. The molecule has 2 aromatic carbocycles. The topological polar surface area (TPSA) is 40.6 Å². The molecule has 1 aliphatic rings. The summed E-state index contributed by atoms with van der Waals surface area (Å²) in [6, 6.07) is 13.6. The molecule has 2 amide bonds. The van der Waals surface area contributed by atoms with E-state index in [-0.39, 0.29) is 17.4 Å². The van der Waals surface area contributed by atoms with Crippen LogP contribution >= 0.6 is 23.2 Å². The van der Waals surface area contributed by atoms with Crippen molar-refractivity contribution in [3.63, 3.8) is 0 Å². The van der Waals surface area contributed by atoms with Gasteiger partial charge in [-0.15, -0.1) is 0 Å². The van der Waals surface area contributed by atoms with Gasteiger partial charge in [-0.1, -0.05) is 35.7 Å². The lowest BCUT2D eigenvalue weighted by Gasteiger charge is -2.27. The number of hydrazine groups is 1. The average Bonchev–Trinajstić information content (AvgIpc) is 2.86. The van der Waals surface area contributed by atoms with Crippen molar-refractivity contribution in [1.82, 2.24) is 0 Å². The van der Waals surface area contributed by atoms with Crippen LogP contribution in [-0.2, 0) is 9.59 Å². The van der Waals surface area contributed by atoms with Crippen LogP contribution in [-0.4, -0.2) is 11.8 Å². The van der Waals surface area contributed by atoms with Crippen molar-refractivity contribution < 1.29 is 9.59 Å². The van der Waals surface area contributed by atoms with Gasteiger partial charge in [-0.25, -0.2) is 10.0 Å². The van der Waals surface area contributed by atoms with Gasteiger partial charge in [-0.3, -0.25) is 9.59 Å². The van der Waals surface area contributed by atoms with Crippen molar-refractivity contribution in [2.24, 2.45) is 0 Å². The van der Waals surface area contributed by atoms with Crippen molar-refractivity contribution in [2.75, 3.05) is 10.0 Å². The van der Waals surface area contributed by atoms with E-state index in [9.17, 15) is 9.59 Å². The highest BCUT2D eigenvalue weighted by molar-refractivity contribution is 6.36. The van der Waals surface area contributed by atoms with Gasteiger partial charge in [0, 0.05) is 10.0 Å². The zero-order valence-corrected chi connectivity index (χ0v) is 15.3. The number of hydrogen-bond donors (Lipinski definition) is 0. The molecule has 0 radical (unpaired) electrons. The zero-order chi connectivity index (χ0) is 18.1. The third-order valence-corrected chi connectivity index (χ3v) is 4.62. The third-order valence-electron chi connectivity index (χ3n) is 4.11. The Balaban J connectivity index is 2.17. The Morgan fingerprint density at radius 1 is 0.800 bits per heavy atom. The van der Waals surface area contributed by atoms with E-state index < -0.39 is 0 Å². The highest BCUT2D eigenvalue weighted by Crippen LogP contribution is 2.34. The SMILES string of the molecule is CCC(C)=C1C(=O)N(c2ccc(Cl)cc2)N(c2ccc(Cl)cc2)C1=O. The van der Waals surface area contributed by atoms with Crippen LogP contribution in [0.15, 0.2) is 59.7 Å². The van der Waals surface area contributed by atoms with Crippen molar-refractivity contribution >= 4 is 46.4 Å². The molecule has 0 aromatic heterocycles. The van der Waals surface area contributed by atoms with Gasteiger partial charge in [-0.05, 0) is 61.9 Å². The minimum Gasteiger partial charge on any atom is -0.267 e. The molecule has 128 valence electrons. The molecule has 25 heavy (non-hydrogen) atoms. The van der Waals surface area contributed by atoms with Crippen LogP contribution < -0.4 is 10.0 Å². The largest absolute Gasteiger partial charge is 0.283 e. The first kappa shape index (κ1) is 17.5. The molecule has 6 heteroatoms. The molecule has 1 fully saturated rings. The Bertz CT molecular complexity index is 792. The maximum Gasteiger partial charge on any atom is 0.283 e. The molecule has 0 unspecified atom stereocenters. The number of amides is 2. The Morgan fingerprint density at radius 2 is 1.16 bits per heavy atom. The predicted octanol–water partition coefficient (Wildman–Crippen LogP) is 5.01. The molecule has 1 heterocycles. The summed E-state index contributed by atoms with van der Waals surface area (Å²) in [5, 5.41) is 3.85. The van der Waals surface area contributed by atoms with Crippen molar-refractivity contribution in [1.29, 1.82) is 0 Å². The normalized spacial score (nSPS) is 14.5. The number of carbonyl (C=O) groups excluding carboxylic acids is 2. The summed E-state index contributed by atoms with van der Waals surface area (Å²) in [6.07, 6.45) is 0.621. The summed E-state index contributed by atoms with van der Waals surface area (Å²) < 4.78 is 0. The van der Waals surface area contributed by atoms with E-state index >= 15 is 0 Å². The quantitative estimate of drug-likeness (QED) is 0.559. The van der Waals surface area contributed by atoms with Gasteiger partial charge < -0.3 is 0 Å². The van der Waals surface area contributed by atoms with E-state index in [1.807, 2.05) is 6.92 Å². The van der Waals surface area contributed by atoms with E-state index in [1.54, 1.807) is 55.5 Å². The standard InChI is InChI=1S/C19H16Cl2N2O2/c1-3-12(2)17-18(24)22(15-8-4-13(20)5-9-15)23(19(17)25)16-10-6-14(21)7-11-16/h4-11H,3H2,1-2H3. The summed E-state index contributed by atoms with van der Waals surface area (Å²) in [5.41, 5.74) is 2.09. The predicted molar refractivity (Wildman–Crippen MR) is 101 cm³/mol. The second-order valence-corrected chi connectivity index (χ2v) is 6.57. The Labute approximate surface area is 156 Å². The van der Waals surface area contributed by atoms with E-state index in [0.29, 0.717) is 27.8 Å². The molecule has 0 saturated carbocycles. The van der Waals surface area contributed by atoms with Crippen LogP contribution in [0.3, 0.4) is 0 Å². The highest BCUT2D eigenvalue weighted by Gasteiger charge is 2.43. The average molecular weight is 375 g/mol. The highest BCUT2D eigenvalue weighted by atomic mass is 35.5. The van der Waals surface area contributed by atoms with Gasteiger partial charge in [0.2, 0.25) is 0 Å². The van der Waals surface area contributed by atoms with Gasteiger partial charge in [0.1, 0.15) is 5.57 Å². The molecular weight excluding hydrogens is 359 g/mol. The number of carbonyl (C=O) groups is 2. The molecule has 1 saturated heterocycles. The van der Waals surface area contributed by atoms with Crippen molar-refractivity contribution in [3.05, 3.63) is 69.7 Å². The van der Waals surface area contributed by atoms with E-state index in [2.05, 4.69) is 0 Å². The van der Waals surface area contributed by atoms with Crippen molar-refractivity contribution in [3.8, 4) is 0 Å². The summed E-state index contributed by atoms with van der Waals surface area (Å²) in [7, 11) is 0. The monoisotopic (exact) mass is 374 g/mol. The Kier molecular flexibility index (Phi) is 4.84. The van der Waals surface area contributed by atoms with Crippen LogP contribution in [0.4, 0.5) is 11.4 Å². The van der Waals surface area contributed by atoms with Crippen LogP contribution in [0.5, 0.6) is 0 Å². The molecule has 0 aliphatic carbocycles. The molecule has 2 aromatic rings. The molecule has 0 bridgehead atoms. The van der Waals surface area contributed by atoms with Gasteiger partial charge in [-0.2, -0.15) is 0 Å². The van der Waals surface area contributed by atoms with E-state index in [0.717, 1.165) is 5.57 Å². The first-order valence-corrected chi connectivity index (χ1v) is 8.59. The fourth-order valence-corrected chi connectivity index (χ4v) is 2.91. The fourth-order valence-electron chi connectivity index (χ4n) is 2.66. The molecule has 3 rings (SSSR count). The smallest absolute Gasteiger partial charge is 0.267 e. The second-order valence-electron chi connectivity index (χ2n) is 5.70. The number of halogens is 2. The number of allylic oxidation sites excluding steroid dienone is 1. The second kappa shape index (κ2) is 6.90. The summed E-state index contributed by atoms with van der Waals surface area (Å²) in [6.45, 7) is 3.72. The maximum absolute atomic E-state index is 13.0. The van der Waals surface area contributed by atoms with Gasteiger partial charge in [0.15, 0.2) is 0 Å². The molecular formula is C19H16Cl2N2O2. The van der Waals surface area contributed by atoms with Crippen LogP contribution in [0.25, 0.3) is 0 Å². The first-order chi connectivity index (χ1) is 11.9. The van der Waals surface area contributed by atoms with Crippen LogP contribution in [0, 0.1) is 0 Å². The maximum atomic E-state index is 13.0. The van der Waals surface area contributed by atoms with Gasteiger partial charge in [0.05, 0.1) is 11.4 Å². The van der Waals surface area contributed by atoms with Crippen LogP contribution in [0.2, 0.25) is 10.0 Å². The summed E-state index contributed by atoms with van der Waals surface area (Å²) >= 11 is 11.9. The Hall–Kier alpha value is -2.30. The zero-order valence-electron chi connectivity index (χ0n) is 13.8. The lowest BCUT2D eigenvalue weighted by Crippen LogP contribution is -2.41. The number of benzene rings is 2. The lowest BCUT2D eigenvalue weighted by atomic mass is 10.1. The van der Waals surface area contributed by atoms with Crippen LogP contribution in [0.1, 0.15) is 20.3 Å². The number of anilines is 2. The van der Waals surface area contributed by atoms with Crippen molar-refractivity contribution in [2.45, 2.75) is 20.3 Å². The first-order valence-electron chi connectivity index (χ1n) is 7.83. The number of hydrogen-bond acceptors (Lipinski definition) is 2. The lowest BCUT2D eigenvalue weighted by molar-refractivity contribution is -0.116. The number of rotatable bonds is 3. The van der Waals surface area contributed by atoms with Gasteiger partial charge in [0.25, 0.3) is 11.8 Å². The van der Waals surface area contributed by atoms with Gasteiger partial charge >= 0.3 is 0 Å². The molecule has 0 N–H and O–H groups in total. The number of nitrogens with zero attached hydrogens (tertiary/aromatic N) is 2. The molecule has 0 spiro atoms. The minimum absolute atomic E-state index is 0.201. The summed E-state index contributed by atoms with van der Waals surface area (Å²) in [4.78, 5) is 26.0. The molecule has 4 nitrogen and oxygen atoms in total. The van der Waals surface area contributed by atoms with E-state index in [1.165, 1.54) is 10.0 Å². The molecule has 1 aliphatic heterocycles. The fraction of sp³-hybridized carbons (Fsp3) is 0.158. The summed E-state index contributed by atoms with van der Waals surface area (Å²) in [5.74, 6) is -0.691. The Morgan fingerprint density at radius 3 is 1.48 bits per heavy atom. The molecule has 0 atom stereocenters. The van der Waals surface area contributed by atoms with E-state index in [4.69, 9.17) is 23.2 Å².